The number of amides is 1. The van der Waals surface area contributed by atoms with E-state index in [0.717, 1.165) is 57.5 Å². The lowest BCUT2D eigenvalue weighted by Gasteiger charge is -2.34. The number of carbonyl (C=O) groups is 2. The van der Waals surface area contributed by atoms with Crippen LogP contribution in [0.2, 0.25) is 0 Å². The van der Waals surface area contributed by atoms with Gasteiger partial charge in [-0.05, 0) is 19.4 Å². The fourth-order valence-corrected chi connectivity index (χ4v) is 2.94. The molecule has 0 spiro atoms. The van der Waals surface area contributed by atoms with Crippen LogP contribution in [0.15, 0.2) is 30.3 Å². The number of carbonyl (C=O) groups excluding carboxylic acids is 2. The average molecular weight is 316 g/mol. The molecule has 23 heavy (non-hydrogen) atoms. The Morgan fingerprint density at radius 1 is 0.957 bits per heavy atom. The second-order valence-electron chi connectivity index (χ2n) is 6.22. The van der Waals surface area contributed by atoms with E-state index in [2.05, 4.69) is 11.8 Å². The predicted octanol–water partition coefficient (Wildman–Crippen LogP) is 2.98. The zero-order valence-electron chi connectivity index (χ0n) is 14.2. The molecule has 1 saturated heterocycles. The predicted molar refractivity (Wildman–Crippen MR) is 92.6 cm³/mol. The van der Waals surface area contributed by atoms with Crippen molar-refractivity contribution in [3.05, 3.63) is 35.9 Å². The van der Waals surface area contributed by atoms with Crippen molar-refractivity contribution in [2.24, 2.45) is 0 Å². The second kappa shape index (κ2) is 9.46. The van der Waals surface area contributed by atoms with Crippen LogP contribution in [-0.2, 0) is 4.79 Å². The Kier molecular flexibility index (Phi) is 7.27. The summed E-state index contributed by atoms with van der Waals surface area (Å²) in [4.78, 5) is 28.4. The Labute approximate surface area is 139 Å². The zero-order valence-corrected chi connectivity index (χ0v) is 14.2. The molecule has 1 aromatic rings. The third-order valence-corrected chi connectivity index (χ3v) is 4.44. The number of unbranched alkanes of at least 4 members (excludes halogenated alkanes) is 1. The maximum atomic E-state index is 12.1. The third kappa shape index (κ3) is 5.79. The lowest BCUT2D eigenvalue weighted by molar-refractivity contribution is -0.133. The van der Waals surface area contributed by atoms with E-state index >= 15 is 0 Å². The molecule has 0 unspecified atom stereocenters. The van der Waals surface area contributed by atoms with E-state index < -0.39 is 0 Å². The molecule has 1 amide bonds. The fraction of sp³-hybridized carbons (Fsp3) is 0.579. The van der Waals surface area contributed by atoms with Gasteiger partial charge in [0.05, 0.1) is 0 Å². The van der Waals surface area contributed by atoms with Crippen LogP contribution in [0.4, 0.5) is 0 Å². The van der Waals surface area contributed by atoms with Crippen LogP contribution in [0.25, 0.3) is 0 Å². The monoisotopic (exact) mass is 316 g/mol. The first-order chi connectivity index (χ1) is 11.2. The highest BCUT2D eigenvalue weighted by Gasteiger charge is 2.20. The van der Waals surface area contributed by atoms with Crippen molar-refractivity contribution in [1.82, 2.24) is 9.80 Å². The Morgan fingerprint density at radius 2 is 1.65 bits per heavy atom. The number of hydrogen-bond acceptors (Lipinski definition) is 3. The van der Waals surface area contributed by atoms with E-state index in [1.807, 2.05) is 35.2 Å². The number of rotatable bonds is 8. The molecule has 0 radical (unpaired) electrons. The molecule has 126 valence electrons. The standard InChI is InChI=1S/C19H28N2O2/c1-2-3-11-19(23)21-15-13-20(14-16-21)12-7-10-18(22)17-8-5-4-6-9-17/h4-6,8-9H,2-3,7,10-16H2,1H3. The maximum absolute atomic E-state index is 12.1. The van der Waals surface area contributed by atoms with Gasteiger partial charge in [-0.1, -0.05) is 43.7 Å². The van der Waals surface area contributed by atoms with Crippen molar-refractivity contribution < 1.29 is 9.59 Å². The molecule has 4 nitrogen and oxygen atoms in total. The van der Waals surface area contributed by atoms with Crippen molar-refractivity contribution >= 4 is 11.7 Å². The number of ketones is 1. The molecule has 0 aromatic heterocycles. The van der Waals surface area contributed by atoms with E-state index in [0.29, 0.717) is 18.7 Å². The largest absolute Gasteiger partial charge is 0.340 e. The quantitative estimate of drug-likeness (QED) is 0.692. The van der Waals surface area contributed by atoms with Gasteiger partial charge in [-0.2, -0.15) is 0 Å². The van der Waals surface area contributed by atoms with Gasteiger partial charge in [0.1, 0.15) is 0 Å². The molecule has 1 fully saturated rings. The summed E-state index contributed by atoms with van der Waals surface area (Å²) >= 11 is 0. The molecule has 0 N–H and O–H groups in total. The van der Waals surface area contributed by atoms with Crippen LogP contribution in [0.5, 0.6) is 0 Å². The summed E-state index contributed by atoms with van der Waals surface area (Å²) in [5, 5.41) is 0. The summed E-state index contributed by atoms with van der Waals surface area (Å²) in [5.41, 5.74) is 0.804. The summed E-state index contributed by atoms with van der Waals surface area (Å²) in [6, 6.07) is 9.49. The van der Waals surface area contributed by atoms with Crippen molar-refractivity contribution in [2.75, 3.05) is 32.7 Å². The lowest BCUT2D eigenvalue weighted by atomic mass is 10.1. The number of hydrogen-bond donors (Lipinski definition) is 0. The van der Waals surface area contributed by atoms with Crippen LogP contribution in [0.3, 0.4) is 0 Å². The van der Waals surface area contributed by atoms with Gasteiger partial charge in [-0.15, -0.1) is 0 Å². The fourth-order valence-electron chi connectivity index (χ4n) is 2.94. The van der Waals surface area contributed by atoms with Crippen LogP contribution < -0.4 is 0 Å². The van der Waals surface area contributed by atoms with E-state index in [-0.39, 0.29) is 5.78 Å². The van der Waals surface area contributed by atoms with Crippen LogP contribution >= 0.6 is 0 Å². The Morgan fingerprint density at radius 3 is 2.30 bits per heavy atom. The molecule has 0 saturated carbocycles. The summed E-state index contributed by atoms with van der Waals surface area (Å²) in [6.07, 6.45) is 4.22. The van der Waals surface area contributed by atoms with E-state index in [4.69, 9.17) is 0 Å². The Balaban J connectivity index is 1.63. The molecule has 1 aliphatic heterocycles. The molecule has 1 aromatic carbocycles. The van der Waals surface area contributed by atoms with Crippen LogP contribution in [-0.4, -0.2) is 54.2 Å². The second-order valence-corrected chi connectivity index (χ2v) is 6.22. The van der Waals surface area contributed by atoms with Gasteiger partial charge < -0.3 is 4.90 Å². The molecule has 1 aliphatic rings. The number of Topliss-reactive ketones (excluding diaryl/α,β-unsaturated/α-hetero) is 1. The van der Waals surface area contributed by atoms with Crippen LogP contribution in [0.1, 0.15) is 49.4 Å². The maximum Gasteiger partial charge on any atom is 0.222 e. The van der Waals surface area contributed by atoms with E-state index in [1.165, 1.54) is 0 Å². The minimum atomic E-state index is 0.221. The summed E-state index contributed by atoms with van der Waals surface area (Å²) in [7, 11) is 0. The smallest absolute Gasteiger partial charge is 0.222 e. The summed E-state index contributed by atoms with van der Waals surface area (Å²) in [5.74, 6) is 0.518. The highest BCUT2D eigenvalue weighted by atomic mass is 16.2. The lowest BCUT2D eigenvalue weighted by Crippen LogP contribution is -2.48. The first kappa shape index (κ1) is 17.7. The van der Waals surface area contributed by atoms with Crippen molar-refractivity contribution in [1.29, 1.82) is 0 Å². The van der Waals surface area contributed by atoms with Gasteiger partial charge in [0.15, 0.2) is 5.78 Å². The molecular weight excluding hydrogens is 288 g/mol. The van der Waals surface area contributed by atoms with Gasteiger partial charge in [-0.25, -0.2) is 0 Å². The van der Waals surface area contributed by atoms with E-state index in [9.17, 15) is 9.59 Å². The number of benzene rings is 1. The number of piperazine rings is 1. The molecule has 0 atom stereocenters. The summed E-state index contributed by atoms with van der Waals surface area (Å²) in [6.45, 7) is 6.57. The first-order valence-corrected chi connectivity index (χ1v) is 8.79. The molecule has 0 bridgehead atoms. The highest BCUT2D eigenvalue weighted by molar-refractivity contribution is 5.95. The number of nitrogens with zero attached hydrogens (tertiary/aromatic N) is 2. The molecule has 4 heteroatoms. The SMILES string of the molecule is CCCCC(=O)N1CCN(CCCC(=O)c2ccccc2)CC1. The van der Waals surface area contributed by atoms with Gasteiger partial charge in [0.2, 0.25) is 5.91 Å². The molecule has 1 heterocycles. The molecular formula is C19H28N2O2. The molecule has 2 rings (SSSR count). The van der Waals surface area contributed by atoms with Gasteiger partial charge in [-0.3, -0.25) is 14.5 Å². The zero-order chi connectivity index (χ0) is 16.5. The third-order valence-electron chi connectivity index (χ3n) is 4.44. The summed E-state index contributed by atoms with van der Waals surface area (Å²) < 4.78 is 0. The average Bonchev–Trinajstić information content (AvgIpc) is 2.61. The van der Waals surface area contributed by atoms with E-state index in [1.54, 1.807) is 0 Å². The van der Waals surface area contributed by atoms with Crippen molar-refractivity contribution in [2.45, 2.75) is 39.0 Å². The Hall–Kier alpha value is -1.68. The van der Waals surface area contributed by atoms with Gasteiger partial charge in [0, 0.05) is 44.6 Å². The van der Waals surface area contributed by atoms with Gasteiger partial charge >= 0.3 is 0 Å². The minimum absolute atomic E-state index is 0.221. The minimum Gasteiger partial charge on any atom is -0.340 e. The molecule has 0 aliphatic carbocycles. The first-order valence-electron chi connectivity index (χ1n) is 8.79. The highest BCUT2D eigenvalue weighted by Crippen LogP contribution is 2.09. The topological polar surface area (TPSA) is 40.6 Å². The van der Waals surface area contributed by atoms with Gasteiger partial charge in [0.25, 0.3) is 0 Å². The normalized spacial score (nSPS) is 15.6. The van der Waals surface area contributed by atoms with Crippen molar-refractivity contribution in [3.63, 3.8) is 0 Å². The van der Waals surface area contributed by atoms with Crippen LogP contribution in [0, 0.1) is 0 Å². The van der Waals surface area contributed by atoms with Crippen molar-refractivity contribution in [3.8, 4) is 0 Å². The Bertz CT molecular complexity index is 493.